The molecule has 1 aliphatic heterocycles. The number of nitro groups is 1. The lowest BCUT2D eigenvalue weighted by molar-refractivity contribution is -0.385. The summed E-state index contributed by atoms with van der Waals surface area (Å²) in [5, 5.41) is 11.2. The van der Waals surface area contributed by atoms with Crippen LogP contribution >= 0.6 is 0 Å². The van der Waals surface area contributed by atoms with Gasteiger partial charge in [-0.25, -0.2) is 0 Å². The number of likely N-dealkylation sites (tertiary alicyclic amines) is 1. The number of alkyl halides is 3. The van der Waals surface area contributed by atoms with Crippen LogP contribution in [0.4, 0.5) is 24.5 Å². The molecular formula is C20H18F3N3O4. The maximum absolute atomic E-state index is 13.2. The third-order valence-corrected chi connectivity index (χ3v) is 4.87. The minimum atomic E-state index is -4.61. The van der Waals surface area contributed by atoms with E-state index >= 15 is 0 Å². The number of hydrogen-bond acceptors (Lipinski definition) is 4. The van der Waals surface area contributed by atoms with Crippen LogP contribution in [0.25, 0.3) is 0 Å². The second kappa shape index (κ2) is 8.13. The van der Waals surface area contributed by atoms with Gasteiger partial charge in [0.25, 0.3) is 11.6 Å². The van der Waals surface area contributed by atoms with Crippen molar-refractivity contribution >= 4 is 23.2 Å². The molecule has 0 radical (unpaired) electrons. The van der Waals surface area contributed by atoms with E-state index in [4.69, 9.17) is 0 Å². The molecule has 10 heteroatoms. The molecule has 1 saturated heterocycles. The van der Waals surface area contributed by atoms with Gasteiger partial charge in [0.2, 0.25) is 5.91 Å². The number of aryl methyl sites for hydroxylation is 1. The van der Waals surface area contributed by atoms with Gasteiger partial charge in [-0.1, -0.05) is 12.1 Å². The van der Waals surface area contributed by atoms with Gasteiger partial charge in [-0.15, -0.1) is 0 Å². The summed E-state index contributed by atoms with van der Waals surface area (Å²) in [7, 11) is 0. The molecule has 7 nitrogen and oxygen atoms in total. The zero-order valence-electron chi connectivity index (χ0n) is 16.0. The SMILES string of the molecule is Cc1ccc(C(=O)N(CN2CCCC2=O)c2cccc(C(F)(F)F)c2)cc1[N+](=O)[O-]. The molecule has 0 N–H and O–H groups in total. The molecule has 0 spiro atoms. The number of anilines is 1. The Kier molecular flexibility index (Phi) is 5.77. The van der Waals surface area contributed by atoms with Crippen molar-refractivity contribution in [3.8, 4) is 0 Å². The zero-order chi connectivity index (χ0) is 22.1. The van der Waals surface area contributed by atoms with Crippen molar-refractivity contribution in [3.05, 3.63) is 69.3 Å². The first kappa shape index (κ1) is 21.3. The van der Waals surface area contributed by atoms with E-state index in [0.717, 1.165) is 23.1 Å². The minimum absolute atomic E-state index is 0.0576. The van der Waals surface area contributed by atoms with Crippen LogP contribution < -0.4 is 4.90 Å². The lowest BCUT2D eigenvalue weighted by Gasteiger charge is -2.28. The molecule has 158 valence electrons. The van der Waals surface area contributed by atoms with Gasteiger partial charge in [0, 0.05) is 35.8 Å². The lowest BCUT2D eigenvalue weighted by Crippen LogP contribution is -2.42. The van der Waals surface area contributed by atoms with E-state index < -0.39 is 22.6 Å². The Labute approximate surface area is 169 Å². The summed E-state index contributed by atoms with van der Waals surface area (Å²) >= 11 is 0. The van der Waals surface area contributed by atoms with Crippen molar-refractivity contribution in [2.45, 2.75) is 25.9 Å². The molecule has 0 unspecified atom stereocenters. The minimum Gasteiger partial charge on any atom is -0.324 e. The number of halogens is 3. The van der Waals surface area contributed by atoms with Crippen LogP contribution in [0.1, 0.15) is 34.3 Å². The predicted octanol–water partition coefficient (Wildman–Crippen LogP) is 4.15. The number of nitrogens with zero attached hydrogens (tertiary/aromatic N) is 3. The highest BCUT2D eigenvalue weighted by atomic mass is 19.4. The Morgan fingerprint density at radius 2 is 1.97 bits per heavy atom. The second-order valence-corrected chi connectivity index (χ2v) is 6.94. The summed E-state index contributed by atoms with van der Waals surface area (Å²) in [6, 6.07) is 8.06. The van der Waals surface area contributed by atoms with Crippen LogP contribution in [0.15, 0.2) is 42.5 Å². The Hall–Kier alpha value is -3.43. The number of carbonyl (C=O) groups excluding carboxylic acids is 2. The summed E-state index contributed by atoms with van der Waals surface area (Å²) < 4.78 is 39.5. The molecule has 0 bridgehead atoms. The van der Waals surface area contributed by atoms with Crippen molar-refractivity contribution in [1.82, 2.24) is 4.90 Å². The first-order valence-electron chi connectivity index (χ1n) is 9.10. The molecule has 1 fully saturated rings. The molecule has 1 aliphatic rings. The van der Waals surface area contributed by atoms with Crippen molar-refractivity contribution in [2.24, 2.45) is 0 Å². The molecule has 0 aromatic heterocycles. The summed E-state index contributed by atoms with van der Waals surface area (Å²) in [6.07, 6.45) is -3.74. The fourth-order valence-corrected chi connectivity index (χ4v) is 3.23. The molecular weight excluding hydrogens is 403 g/mol. The largest absolute Gasteiger partial charge is 0.416 e. The number of nitro benzene ring substituents is 1. The molecule has 2 amide bonds. The van der Waals surface area contributed by atoms with Gasteiger partial charge in [0.15, 0.2) is 0 Å². The maximum atomic E-state index is 13.2. The fourth-order valence-electron chi connectivity index (χ4n) is 3.23. The molecule has 0 aliphatic carbocycles. The van der Waals surface area contributed by atoms with E-state index in [2.05, 4.69) is 0 Å². The summed E-state index contributed by atoms with van der Waals surface area (Å²) in [4.78, 5) is 38.2. The average molecular weight is 421 g/mol. The first-order valence-corrected chi connectivity index (χ1v) is 9.10. The standard InChI is InChI=1S/C20H18F3N3O4/c1-13-7-8-14(10-17(13)26(29)30)19(28)25(12-24-9-3-6-18(24)27)16-5-2-4-15(11-16)20(21,22)23/h2,4-5,7-8,10-11H,3,6,9,12H2,1H3. The highest BCUT2D eigenvalue weighted by Gasteiger charge is 2.32. The van der Waals surface area contributed by atoms with Crippen molar-refractivity contribution in [1.29, 1.82) is 0 Å². The monoisotopic (exact) mass is 421 g/mol. The Bertz CT molecular complexity index is 1010. The third-order valence-electron chi connectivity index (χ3n) is 4.87. The molecule has 2 aromatic rings. The normalized spacial score (nSPS) is 14.1. The number of carbonyl (C=O) groups is 2. The van der Waals surface area contributed by atoms with Crippen molar-refractivity contribution < 1.29 is 27.7 Å². The Balaban J connectivity index is 2.04. The molecule has 0 atom stereocenters. The van der Waals surface area contributed by atoms with Gasteiger partial charge >= 0.3 is 6.18 Å². The first-order chi connectivity index (χ1) is 14.1. The van der Waals surface area contributed by atoms with Crippen LogP contribution in [0.5, 0.6) is 0 Å². The molecule has 2 aromatic carbocycles. The number of hydrogen-bond donors (Lipinski definition) is 0. The van der Waals surface area contributed by atoms with Gasteiger partial charge in [-0.3, -0.25) is 24.6 Å². The van der Waals surface area contributed by atoms with E-state index in [0.29, 0.717) is 24.9 Å². The average Bonchev–Trinajstić information content (AvgIpc) is 3.09. The Morgan fingerprint density at radius 3 is 2.57 bits per heavy atom. The van der Waals surface area contributed by atoms with Crippen LogP contribution in [-0.4, -0.2) is 34.9 Å². The number of benzene rings is 2. The van der Waals surface area contributed by atoms with Crippen LogP contribution in [0, 0.1) is 17.0 Å². The van der Waals surface area contributed by atoms with E-state index in [9.17, 15) is 32.9 Å². The van der Waals surface area contributed by atoms with Gasteiger partial charge in [0.1, 0.15) is 6.67 Å². The zero-order valence-corrected chi connectivity index (χ0v) is 16.0. The smallest absolute Gasteiger partial charge is 0.324 e. The van der Waals surface area contributed by atoms with E-state index in [1.165, 1.54) is 36.1 Å². The van der Waals surface area contributed by atoms with Crippen LogP contribution in [0.2, 0.25) is 0 Å². The van der Waals surface area contributed by atoms with Gasteiger partial charge in [0.05, 0.1) is 10.5 Å². The maximum Gasteiger partial charge on any atom is 0.416 e. The summed E-state index contributed by atoms with van der Waals surface area (Å²) in [6.45, 7) is 1.64. The van der Waals surface area contributed by atoms with E-state index in [-0.39, 0.29) is 29.5 Å². The third kappa shape index (κ3) is 4.42. The van der Waals surface area contributed by atoms with Gasteiger partial charge in [-0.05, 0) is 37.6 Å². The molecule has 1 heterocycles. The van der Waals surface area contributed by atoms with Gasteiger partial charge in [-0.2, -0.15) is 13.2 Å². The highest BCUT2D eigenvalue weighted by molar-refractivity contribution is 6.06. The summed E-state index contributed by atoms with van der Waals surface area (Å²) in [5.41, 5.74) is -0.992. The topological polar surface area (TPSA) is 83.8 Å². The van der Waals surface area contributed by atoms with Crippen LogP contribution in [-0.2, 0) is 11.0 Å². The predicted molar refractivity (Wildman–Crippen MR) is 102 cm³/mol. The molecule has 3 rings (SSSR count). The number of amides is 2. The highest BCUT2D eigenvalue weighted by Crippen LogP contribution is 2.32. The van der Waals surface area contributed by atoms with E-state index in [1.807, 2.05) is 0 Å². The second-order valence-electron chi connectivity index (χ2n) is 6.94. The van der Waals surface area contributed by atoms with Crippen molar-refractivity contribution in [2.75, 3.05) is 18.1 Å². The Morgan fingerprint density at radius 1 is 1.23 bits per heavy atom. The summed E-state index contributed by atoms with van der Waals surface area (Å²) in [5.74, 6) is -0.952. The quantitative estimate of drug-likeness (QED) is 0.536. The number of rotatable bonds is 5. The van der Waals surface area contributed by atoms with Gasteiger partial charge < -0.3 is 4.90 Å². The fraction of sp³-hybridized carbons (Fsp3) is 0.300. The molecule has 30 heavy (non-hydrogen) atoms. The lowest BCUT2D eigenvalue weighted by atomic mass is 10.1. The molecule has 0 saturated carbocycles. The van der Waals surface area contributed by atoms with Crippen molar-refractivity contribution in [3.63, 3.8) is 0 Å². The van der Waals surface area contributed by atoms with E-state index in [1.54, 1.807) is 0 Å². The van der Waals surface area contributed by atoms with Crippen LogP contribution in [0.3, 0.4) is 0 Å².